The number of rotatable bonds is 4. The third-order valence-corrected chi connectivity index (χ3v) is 5.00. The summed E-state index contributed by atoms with van der Waals surface area (Å²) in [5.74, 6) is -1.97. The summed E-state index contributed by atoms with van der Waals surface area (Å²) in [6.45, 7) is 0.00230. The van der Waals surface area contributed by atoms with Crippen LogP contribution in [0.25, 0.3) is 22.4 Å². The van der Waals surface area contributed by atoms with Crippen molar-refractivity contribution >= 4 is 17.7 Å². The van der Waals surface area contributed by atoms with Crippen LogP contribution >= 0.6 is 0 Å². The van der Waals surface area contributed by atoms with Crippen molar-refractivity contribution in [2.75, 3.05) is 11.4 Å². The number of amides is 1. The minimum Gasteiger partial charge on any atom is -0.481 e. The maximum Gasteiger partial charge on any atom is 0.308 e. The molecule has 142 valence electrons. The first-order chi connectivity index (χ1) is 14.1. The Hall–Kier alpha value is -3.98. The van der Waals surface area contributed by atoms with E-state index in [0.29, 0.717) is 11.3 Å². The summed E-state index contributed by atoms with van der Waals surface area (Å²) in [5.41, 5.74) is 3.20. The molecule has 0 aliphatic carbocycles. The van der Waals surface area contributed by atoms with E-state index in [1.54, 1.807) is 0 Å². The number of nitriles is 1. The van der Waals surface area contributed by atoms with Crippen LogP contribution in [-0.4, -0.2) is 28.5 Å². The van der Waals surface area contributed by atoms with Crippen molar-refractivity contribution in [3.05, 3.63) is 72.3 Å². The Labute approximate surface area is 167 Å². The van der Waals surface area contributed by atoms with Crippen LogP contribution in [-0.2, 0) is 9.59 Å². The van der Waals surface area contributed by atoms with Crippen molar-refractivity contribution in [2.45, 2.75) is 6.42 Å². The van der Waals surface area contributed by atoms with E-state index < -0.39 is 11.9 Å². The van der Waals surface area contributed by atoms with Gasteiger partial charge in [0.1, 0.15) is 11.6 Å². The molecular formula is C23H17N3O3. The molecule has 1 aromatic heterocycles. The van der Waals surface area contributed by atoms with Crippen molar-refractivity contribution in [1.82, 2.24) is 4.98 Å². The third-order valence-electron chi connectivity index (χ3n) is 5.00. The second-order valence-electron chi connectivity index (χ2n) is 6.84. The number of carboxylic acid groups (broad SMARTS) is 1. The number of pyridine rings is 1. The highest BCUT2D eigenvalue weighted by Crippen LogP contribution is 2.36. The highest BCUT2D eigenvalue weighted by Gasteiger charge is 2.37. The molecule has 3 aromatic rings. The van der Waals surface area contributed by atoms with Gasteiger partial charge in [0, 0.05) is 24.1 Å². The summed E-state index contributed by atoms with van der Waals surface area (Å²) < 4.78 is 0. The van der Waals surface area contributed by atoms with Gasteiger partial charge in [-0.2, -0.15) is 5.26 Å². The fourth-order valence-corrected chi connectivity index (χ4v) is 3.52. The second kappa shape index (κ2) is 7.56. The standard InChI is InChI=1S/C23H17N3O3/c24-13-19-18(15-7-3-1-4-8-15)12-20(16-9-5-2-6-10-16)25-22(19)26-14-17(23(28)29)11-21(26)27/h1-10,12,17H,11,14H2,(H,28,29). The normalized spacial score (nSPS) is 15.9. The van der Waals surface area contributed by atoms with Crippen LogP contribution in [0.1, 0.15) is 12.0 Å². The van der Waals surface area contributed by atoms with Crippen LogP contribution in [0, 0.1) is 17.2 Å². The molecule has 1 fully saturated rings. The largest absolute Gasteiger partial charge is 0.481 e. The lowest BCUT2D eigenvalue weighted by molar-refractivity contribution is -0.141. The molecule has 1 N–H and O–H groups in total. The molecule has 2 heterocycles. The minimum atomic E-state index is -1.03. The molecular weight excluding hydrogens is 366 g/mol. The number of nitrogens with zero attached hydrogens (tertiary/aromatic N) is 3. The monoisotopic (exact) mass is 383 g/mol. The SMILES string of the molecule is N#Cc1c(-c2ccccc2)cc(-c2ccccc2)nc1N1CC(C(=O)O)CC1=O. The predicted octanol–water partition coefficient (Wildman–Crippen LogP) is 3.72. The summed E-state index contributed by atoms with van der Waals surface area (Å²) in [6, 6.07) is 22.9. The first-order valence-corrected chi connectivity index (χ1v) is 9.17. The molecule has 0 spiro atoms. The highest BCUT2D eigenvalue weighted by atomic mass is 16.4. The number of benzene rings is 2. The van der Waals surface area contributed by atoms with Crippen LogP contribution < -0.4 is 4.90 Å². The molecule has 1 atom stereocenters. The fourth-order valence-electron chi connectivity index (χ4n) is 3.52. The molecule has 2 aromatic carbocycles. The van der Waals surface area contributed by atoms with Crippen molar-refractivity contribution in [1.29, 1.82) is 5.26 Å². The molecule has 6 heteroatoms. The zero-order valence-corrected chi connectivity index (χ0v) is 15.4. The van der Waals surface area contributed by atoms with Gasteiger partial charge in [0.15, 0.2) is 5.82 Å². The minimum absolute atomic E-state index is 0.00230. The molecule has 1 aliphatic rings. The van der Waals surface area contributed by atoms with Gasteiger partial charge in [0.05, 0.1) is 11.6 Å². The molecule has 1 aliphatic heterocycles. The maximum atomic E-state index is 12.6. The Morgan fingerprint density at radius 3 is 2.24 bits per heavy atom. The molecule has 1 amide bonds. The van der Waals surface area contributed by atoms with Crippen LogP contribution in [0.2, 0.25) is 0 Å². The van der Waals surface area contributed by atoms with Crippen molar-refractivity contribution in [3.8, 4) is 28.5 Å². The van der Waals surface area contributed by atoms with Gasteiger partial charge in [0.25, 0.3) is 0 Å². The Kier molecular flexibility index (Phi) is 4.80. The van der Waals surface area contributed by atoms with Crippen LogP contribution in [0.3, 0.4) is 0 Å². The predicted molar refractivity (Wildman–Crippen MR) is 108 cm³/mol. The smallest absolute Gasteiger partial charge is 0.308 e. The first-order valence-electron chi connectivity index (χ1n) is 9.17. The number of carbonyl (C=O) groups excluding carboxylic acids is 1. The maximum absolute atomic E-state index is 12.6. The molecule has 0 radical (unpaired) electrons. The first kappa shape index (κ1) is 18.4. The Balaban J connectivity index is 1.93. The highest BCUT2D eigenvalue weighted by molar-refractivity contribution is 6.00. The summed E-state index contributed by atoms with van der Waals surface area (Å²) in [4.78, 5) is 29.9. The number of hydrogen-bond donors (Lipinski definition) is 1. The van der Waals surface area contributed by atoms with Crippen LogP contribution in [0.4, 0.5) is 5.82 Å². The topological polar surface area (TPSA) is 94.3 Å². The molecule has 4 rings (SSSR count). The third kappa shape index (κ3) is 3.46. The Morgan fingerprint density at radius 2 is 1.69 bits per heavy atom. The summed E-state index contributed by atoms with van der Waals surface area (Å²) >= 11 is 0. The van der Waals surface area contributed by atoms with Crippen LogP contribution in [0.5, 0.6) is 0 Å². The van der Waals surface area contributed by atoms with E-state index in [1.165, 1.54) is 4.90 Å². The van der Waals surface area contributed by atoms with Gasteiger partial charge < -0.3 is 5.11 Å². The molecule has 29 heavy (non-hydrogen) atoms. The number of carboxylic acids is 1. The van der Waals surface area contributed by atoms with E-state index in [-0.39, 0.29) is 30.3 Å². The zero-order valence-electron chi connectivity index (χ0n) is 15.4. The lowest BCUT2D eigenvalue weighted by atomic mass is 9.98. The molecule has 0 saturated carbocycles. The van der Waals surface area contributed by atoms with E-state index >= 15 is 0 Å². The fraction of sp³-hybridized carbons (Fsp3) is 0.130. The van der Waals surface area contributed by atoms with Gasteiger partial charge in [-0.05, 0) is 11.6 Å². The van der Waals surface area contributed by atoms with Crippen molar-refractivity contribution < 1.29 is 14.7 Å². The lowest BCUT2D eigenvalue weighted by Crippen LogP contribution is -2.28. The quantitative estimate of drug-likeness (QED) is 0.741. The van der Waals surface area contributed by atoms with Gasteiger partial charge in [-0.15, -0.1) is 0 Å². The summed E-state index contributed by atoms with van der Waals surface area (Å²) in [5, 5.41) is 19.2. The van der Waals surface area contributed by atoms with Crippen molar-refractivity contribution in [3.63, 3.8) is 0 Å². The number of carbonyl (C=O) groups is 2. The van der Waals surface area contributed by atoms with Gasteiger partial charge in [-0.1, -0.05) is 60.7 Å². The van der Waals surface area contributed by atoms with Crippen LogP contribution in [0.15, 0.2) is 66.7 Å². The molecule has 1 unspecified atom stereocenters. The van der Waals surface area contributed by atoms with Gasteiger partial charge in [0.2, 0.25) is 5.91 Å². The number of anilines is 1. The van der Waals surface area contributed by atoms with Gasteiger partial charge >= 0.3 is 5.97 Å². The number of aliphatic carboxylic acids is 1. The number of hydrogen-bond acceptors (Lipinski definition) is 4. The molecule has 6 nitrogen and oxygen atoms in total. The summed E-state index contributed by atoms with van der Waals surface area (Å²) in [6.07, 6.45) is -0.0991. The Bertz CT molecular complexity index is 1120. The average molecular weight is 383 g/mol. The Morgan fingerprint density at radius 1 is 1.07 bits per heavy atom. The second-order valence-corrected chi connectivity index (χ2v) is 6.84. The molecule has 1 saturated heterocycles. The average Bonchev–Trinajstić information content (AvgIpc) is 3.16. The summed E-state index contributed by atoms with van der Waals surface area (Å²) in [7, 11) is 0. The van der Waals surface area contributed by atoms with E-state index in [4.69, 9.17) is 0 Å². The van der Waals surface area contributed by atoms with E-state index in [0.717, 1.165) is 11.1 Å². The zero-order chi connectivity index (χ0) is 20.4. The lowest BCUT2D eigenvalue weighted by Gasteiger charge is -2.20. The number of aromatic nitrogens is 1. The van der Waals surface area contributed by atoms with Gasteiger partial charge in [-0.3, -0.25) is 14.5 Å². The van der Waals surface area contributed by atoms with E-state index in [2.05, 4.69) is 11.1 Å². The van der Waals surface area contributed by atoms with Gasteiger partial charge in [-0.25, -0.2) is 4.98 Å². The van der Waals surface area contributed by atoms with Crippen molar-refractivity contribution in [2.24, 2.45) is 5.92 Å². The van der Waals surface area contributed by atoms with E-state index in [1.807, 2.05) is 66.7 Å². The van der Waals surface area contributed by atoms with E-state index in [9.17, 15) is 20.0 Å². The molecule has 0 bridgehead atoms.